The van der Waals surface area contributed by atoms with Gasteiger partial charge >= 0.3 is 8.25 Å². The minimum absolute atomic E-state index is 0.559. The van der Waals surface area contributed by atoms with Crippen molar-refractivity contribution in [2.24, 2.45) is 0 Å². The van der Waals surface area contributed by atoms with Crippen LogP contribution in [0.4, 0.5) is 0 Å². The van der Waals surface area contributed by atoms with E-state index in [-0.39, 0.29) is 0 Å². The van der Waals surface area contributed by atoms with Crippen molar-refractivity contribution in [2.75, 3.05) is 6.61 Å². The van der Waals surface area contributed by atoms with E-state index in [1.54, 1.807) is 6.08 Å². The van der Waals surface area contributed by atoms with Crippen LogP contribution in [0.25, 0.3) is 0 Å². The van der Waals surface area contributed by atoms with E-state index in [4.69, 9.17) is 14.4 Å². The Bertz CT molecular complexity index is 100. The second-order valence-electron chi connectivity index (χ2n) is 1.04. The molecule has 0 atom stereocenters. The van der Waals surface area contributed by atoms with Crippen molar-refractivity contribution >= 4 is 8.25 Å². The summed E-state index contributed by atoms with van der Waals surface area (Å²) < 4.78 is 13.3. The van der Waals surface area contributed by atoms with E-state index in [9.17, 15) is 0 Å². The monoisotopic (exact) mass is 165 g/mol. The van der Waals surface area contributed by atoms with Crippen LogP contribution in [0, 0.1) is 0 Å². The minimum Gasteiger partial charge on any atom is -0.498 e. The van der Waals surface area contributed by atoms with Crippen LogP contribution < -0.4 is 0 Å². The maximum atomic E-state index is 8.70. The van der Waals surface area contributed by atoms with E-state index >= 15 is 0 Å². The molecule has 0 saturated heterocycles. The van der Waals surface area contributed by atoms with Gasteiger partial charge in [0.05, 0.1) is 6.26 Å². The number of hydrogen-bond acceptors (Lipinski definition) is 2. The first-order chi connectivity index (χ1) is 4.65. The molecule has 0 aliphatic carbocycles. The number of ether oxygens (including phenoxy) is 1. The summed E-state index contributed by atoms with van der Waals surface area (Å²) in [5.41, 5.74) is 0. The van der Waals surface area contributed by atoms with Gasteiger partial charge in [0.25, 0.3) is 0 Å². The third-order valence-corrected chi connectivity index (χ3v) is 0.332. The zero-order chi connectivity index (χ0) is 8.41. The first kappa shape index (κ1) is 12.0. The zero-order valence-corrected chi connectivity index (χ0v) is 6.33. The average molecular weight is 165 g/mol. The molecule has 0 aromatic heterocycles. The van der Waals surface area contributed by atoms with Crippen LogP contribution in [0.2, 0.25) is 0 Å². The van der Waals surface area contributed by atoms with Crippen molar-refractivity contribution in [3.05, 3.63) is 25.5 Å². The molecular formula is C5H10O4P+. The second-order valence-corrected chi connectivity index (χ2v) is 1.55. The maximum Gasteiger partial charge on any atom is 0.692 e. The predicted molar refractivity (Wildman–Crippen MR) is 38.4 cm³/mol. The lowest BCUT2D eigenvalue weighted by molar-refractivity contribution is 0.291. The molecular weight excluding hydrogens is 155 g/mol. The summed E-state index contributed by atoms with van der Waals surface area (Å²) in [5, 5.41) is 0. The van der Waals surface area contributed by atoms with Crippen molar-refractivity contribution in [2.45, 2.75) is 0 Å². The van der Waals surface area contributed by atoms with Crippen LogP contribution in [-0.2, 0) is 9.30 Å². The topological polar surface area (TPSA) is 66.8 Å². The van der Waals surface area contributed by atoms with Crippen LogP contribution in [-0.4, -0.2) is 16.4 Å². The summed E-state index contributed by atoms with van der Waals surface area (Å²) in [6, 6.07) is 0. The zero-order valence-electron chi connectivity index (χ0n) is 5.43. The predicted octanol–water partition coefficient (Wildman–Crippen LogP) is 0.961. The minimum atomic E-state index is -2.87. The third-order valence-electron chi connectivity index (χ3n) is 0.332. The van der Waals surface area contributed by atoms with Gasteiger partial charge in [-0.1, -0.05) is 19.2 Å². The Morgan fingerprint density at radius 1 is 1.50 bits per heavy atom. The van der Waals surface area contributed by atoms with Gasteiger partial charge in [0.1, 0.15) is 6.61 Å². The first-order valence-corrected chi connectivity index (χ1v) is 3.50. The Labute approximate surface area is 60.4 Å². The molecule has 0 unspecified atom stereocenters. The van der Waals surface area contributed by atoms with Gasteiger partial charge < -0.3 is 4.74 Å². The molecule has 0 aromatic rings. The second kappa shape index (κ2) is 11.1. The van der Waals surface area contributed by atoms with Crippen molar-refractivity contribution in [3.63, 3.8) is 0 Å². The largest absolute Gasteiger partial charge is 0.692 e. The van der Waals surface area contributed by atoms with Crippen molar-refractivity contribution in [1.82, 2.24) is 0 Å². The average Bonchev–Trinajstić information content (AvgIpc) is 1.82. The molecule has 4 nitrogen and oxygen atoms in total. The molecule has 0 amide bonds. The Morgan fingerprint density at radius 3 is 2.00 bits per heavy atom. The maximum absolute atomic E-state index is 8.70. The van der Waals surface area contributed by atoms with Gasteiger partial charge in [0.2, 0.25) is 0 Å². The Morgan fingerprint density at radius 2 is 1.90 bits per heavy atom. The van der Waals surface area contributed by atoms with Gasteiger partial charge in [-0.25, -0.2) is 0 Å². The van der Waals surface area contributed by atoms with Crippen LogP contribution in [0.1, 0.15) is 0 Å². The molecule has 2 N–H and O–H groups in total. The molecule has 0 aliphatic heterocycles. The molecule has 0 saturated carbocycles. The molecule has 0 heterocycles. The summed E-state index contributed by atoms with van der Waals surface area (Å²) >= 11 is 0. The normalized spacial score (nSPS) is 6.60. The van der Waals surface area contributed by atoms with E-state index < -0.39 is 8.25 Å². The highest BCUT2D eigenvalue weighted by molar-refractivity contribution is 7.30. The van der Waals surface area contributed by atoms with Gasteiger partial charge in [-0.05, 0) is 0 Å². The Balaban J connectivity index is 0. The van der Waals surface area contributed by atoms with Gasteiger partial charge in [-0.3, -0.25) is 0 Å². The first-order valence-electron chi connectivity index (χ1n) is 2.33. The summed E-state index contributed by atoms with van der Waals surface area (Å²) in [6.45, 7) is 7.31. The molecule has 0 spiro atoms. The molecule has 0 aliphatic rings. The summed E-state index contributed by atoms with van der Waals surface area (Å²) in [5.74, 6) is 0. The van der Waals surface area contributed by atoms with Gasteiger partial charge in [0.15, 0.2) is 0 Å². The molecule has 0 fully saturated rings. The van der Waals surface area contributed by atoms with Crippen LogP contribution in [0.15, 0.2) is 25.5 Å². The van der Waals surface area contributed by atoms with Crippen LogP contribution in [0.5, 0.6) is 0 Å². The lowest BCUT2D eigenvalue weighted by Gasteiger charge is -1.86. The third kappa shape index (κ3) is 54.8. The fraction of sp³-hybridized carbons (Fsp3) is 0.200. The van der Waals surface area contributed by atoms with Crippen LogP contribution in [0.3, 0.4) is 0 Å². The Kier molecular flexibility index (Phi) is 13.4. The highest BCUT2D eigenvalue weighted by Gasteiger charge is 1.93. The summed E-state index contributed by atoms with van der Waals surface area (Å²) in [4.78, 5) is 14.2. The lowest BCUT2D eigenvalue weighted by Crippen LogP contribution is -1.75. The van der Waals surface area contributed by atoms with E-state index in [0.29, 0.717) is 6.61 Å². The smallest absolute Gasteiger partial charge is 0.498 e. The molecule has 0 radical (unpaired) electrons. The molecule has 10 heavy (non-hydrogen) atoms. The molecule has 58 valence electrons. The highest BCUT2D eigenvalue weighted by atomic mass is 31.1. The van der Waals surface area contributed by atoms with Gasteiger partial charge in [-0.2, -0.15) is 0 Å². The standard InChI is InChI=1S/C5H8O.HO3P/c1-3-5-6-4-2;1-4(2)3/h3-4H,1-2,5H2;(H-,1,2,3)/p+1. The van der Waals surface area contributed by atoms with E-state index in [0.717, 1.165) is 0 Å². The van der Waals surface area contributed by atoms with Crippen molar-refractivity contribution < 1.29 is 19.1 Å². The summed E-state index contributed by atoms with van der Waals surface area (Å²) in [7, 11) is -2.87. The van der Waals surface area contributed by atoms with E-state index in [1.807, 2.05) is 0 Å². The summed E-state index contributed by atoms with van der Waals surface area (Å²) in [6.07, 6.45) is 3.06. The molecule has 0 aromatic carbocycles. The number of hydrogen-bond donors (Lipinski definition) is 2. The van der Waals surface area contributed by atoms with Gasteiger partial charge in [0, 0.05) is 4.57 Å². The molecule has 0 rings (SSSR count). The van der Waals surface area contributed by atoms with E-state index in [1.165, 1.54) is 6.26 Å². The Hall–Kier alpha value is -0.700. The van der Waals surface area contributed by atoms with E-state index in [2.05, 4.69) is 17.9 Å². The molecule has 0 bridgehead atoms. The fourth-order valence-electron chi connectivity index (χ4n) is 0.136. The molecule has 5 heteroatoms. The van der Waals surface area contributed by atoms with Crippen molar-refractivity contribution in [1.29, 1.82) is 0 Å². The quantitative estimate of drug-likeness (QED) is 0.283. The lowest BCUT2D eigenvalue weighted by atomic mass is 10.7. The highest BCUT2D eigenvalue weighted by Crippen LogP contribution is 1.98. The number of rotatable bonds is 3. The van der Waals surface area contributed by atoms with Crippen LogP contribution >= 0.6 is 8.25 Å². The SMILES string of the molecule is C=CCOC=C.O=[P+](O)O. The van der Waals surface area contributed by atoms with Gasteiger partial charge in [-0.15, -0.1) is 9.79 Å². The van der Waals surface area contributed by atoms with Crippen molar-refractivity contribution in [3.8, 4) is 0 Å². The fourth-order valence-corrected chi connectivity index (χ4v) is 0.136.